The lowest BCUT2D eigenvalue weighted by molar-refractivity contribution is -0.137. The van der Waals surface area contributed by atoms with E-state index in [1.54, 1.807) is 25.1 Å². The molecular formula is C53H36F3N3. The molecule has 0 aliphatic heterocycles. The standard InChI is InChI=1S/C53H36F3N3/c1-32-13-4-6-16-38(32)35-23-25-48-42(27-35)40-18-8-10-21-46(40)58(48)50-30-44(52-34(3)15-12-20-45(52)53(54,55)56)51(29-37(50)31-57)59-47-22-11-9-19-41(47)43-28-36(24-26-49(43)59)39-17-7-5-14-33(39)2/h4-30H,1-3H3. The molecule has 6 heteroatoms. The summed E-state index contributed by atoms with van der Waals surface area (Å²) in [6.07, 6.45) is -4.64. The van der Waals surface area contributed by atoms with E-state index in [2.05, 4.69) is 80.6 Å². The van der Waals surface area contributed by atoms with Gasteiger partial charge in [-0.3, -0.25) is 0 Å². The molecule has 0 aliphatic rings. The molecular weight excluding hydrogens is 736 g/mol. The van der Waals surface area contributed by atoms with Gasteiger partial charge in [0.1, 0.15) is 6.07 Å². The molecule has 0 spiro atoms. The Morgan fingerprint density at radius 2 is 0.915 bits per heavy atom. The molecule has 0 fully saturated rings. The first-order valence-corrected chi connectivity index (χ1v) is 19.6. The van der Waals surface area contributed by atoms with Gasteiger partial charge in [-0.15, -0.1) is 0 Å². The number of aryl methyl sites for hydroxylation is 3. The van der Waals surface area contributed by atoms with Gasteiger partial charge in [-0.1, -0.05) is 109 Å². The maximum Gasteiger partial charge on any atom is 0.417 e. The van der Waals surface area contributed by atoms with E-state index in [-0.39, 0.29) is 5.56 Å². The van der Waals surface area contributed by atoms with Gasteiger partial charge in [-0.25, -0.2) is 0 Å². The first kappa shape index (κ1) is 36.0. The Kier molecular flexibility index (Phi) is 8.33. The van der Waals surface area contributed by atoms with E-state index in [1.807, 2.05) is 81.9 Å². The minimum atomic E-state index is -4.64. The molecule has 10 aromatic rings. The van der Waals surface area contributed by atoms with E-state index in [1.165, 1.54) is 6.07 Å². The van der Waals surface area contributed by atoms with E-state index in [0.29, 0.717) is 28.1 Å². The summed E-state index contributed by atoms with van der Waals surface area (Å²) in [4.78, 5) is 0. The van der Waals surface area contributed by atoms with Gasteiger partial charge in [0.05, 0.1) is 44.6 Å². The fourth-order valence-corrected chi connectivity index (χ4v) is 9.09. The van der Waals surface area contributed by atoms with Crippen molar-refractivity contribution in [2.24, 2.45) is 0 Å². The second-order valence-electron chi connectivity index (χ2n) is 15.3. The van der Waals surface area contributed by atoms with Crippen LogP contribution in [-0.4, -0.2) is 9.13 Å². The third-order valence-electron chi connectivity index (χ3n) is 11.8. The fourth-order valence-electron chi connectivity index (χ4n) is 9.09. The molecule has 8 aromatic carbocycles. The molecule has 10 rings (SSSR count). The van der Waals surface area contributed by atoms with Crippen LogP contribution >= 0.6 is 0 Å². The largest absolute Gasteiger partial charge is 0.417 e. The van der Waals surface area contributed by atoms with E-state index < -0.39 is 11.7 Å². The topological polar surface area (TPSA) is 33.6 Å². The number of fused-ring (bicyclic) bond motifs is 6. The molecule has 284 valence electrons. The van der Waals surface area contributed by atoms with Crippen LogP contribution < -0.4 is 0 Å². The Morgan fingerprint density at radius 1 is 0.441 bits per heavy atom. The molecule has 0 unspecified atom stereocenters. The van der Waals surface area contributed by atoms with Crippen molar-refractivity contribution in [1.29, 1.82) is 5.26 Å². The minimum Gasteiger partial charge on any atom is -0.309 e. The van der Waals surface area contributed by atoms with Crippen molar-refractivity contribution < 1.29 is 13.2 Å². The Morgan fingerprint density at radius 3 is 1.44 bits per heavy atom. The second kappa shape index (κ2) is 13.6. The number of aromatic nitrogens is 2. The van der Waals surface area contributed by atoms with Gasteiger partial charge >= 0.3 is 6.18 Å². The molecule has 0 saturated carbocycles. The average Bonchev–Trinajstić information content (AvgIpc) is 3.75. The fraction of sp³-hybridized carbons (Fsp3) is 0.0755. The highest BCUT2D eigenvalue weighted by molar-refractivity contribution is 6.12. The average molecular weight is 772 g/mol. The summed E-state index contributed by atoms with van der Waals surface area (Å²) in [6.45, 7) is 5.90. The monoisotopic (exact) mass is 771 g/mol. The summed E-state index contributed by atoms with van der Waals surface area (Å²) in [7, 11) is 0. The molecule has 0 atom stereocenters. The number of nitriles is 1. The van der Waals surface area contributed by atoms with Crippen LogP contribution in [0.5, 0.6) is 0 Å². The number of hydrogen-bond donors (Lipinski definition) is 0. The second-order valence-corrected chi connectivity index (χ2v) is 15.3. The summed E-state index contributed by atoms with van der Waals surface area (Å²) in [5, 5.41) is 14.9. The van der Waals surface area contributed by atoms with Crippen molar-refractivity contribution in [2.75, 3.05) is 0 Å². The van der Waals surface area contributed by atoms with Gasteiger partial charge in [0, 0.05) is 27.1 Å². The van der Waals surface area contributed by atoms with Crippen molar-refractivity contribution in [3.8, 4) is 50.8 Å². The van der Waals surface area contributed by atoms with E-state index in [9.17, 15) is 5.26 Å². The van der Waals surface area contributed by atoms with Gasteiger partial charge < -0.3 is 9.13 Å². The Bertz CT molecular complexity index is 3370. The molecule has 3 nitrogen and oxygen atoms in total. The molecule has 0 radical (unpaired) electrons. The quantitative estimate of drug-likeness (QED) is 0.172. The van der Waals surface area contributed by atoms with Crippen molar-refractivity contribution in [1.82, 2.24) is 9.13 Å². The van der Waals surface area contributed by atoms with Crippen LogP contribution in [0.2, 0.25) is 0 Å². The lowest BCUT2D eigenvalue weighted by Gasteiger charge is -2.22. The highest BCUT2D eigenvalue weighted by atomic mass is 19.4. The first-order valence-electron chi connectivity index (χ1n) is 19.6. The Hall–Kier alpha value is -7.36. The number of nitrogens with zero attached hydrogens (tertiary/aromatic N) is 3. The van der Waals surface area contributed by atoms with Gasteiger partial charge in [-0.2, -0.15) is 18.4 Å². The molecule has 2 heterocycles. The van der Waals surface area contributed by atoms with E-state index >= 15 is 13.2 Å². The number of hydrogen-bond acceptors (Lipinski definition) is 1. The van der Waals surface area contributed by atoms with Crippen LogP contribution in [0.25, 0.3) is 88.4 Å². The Balaban J connectivity index is 1.31. The normalized spacial score (nSPS) is 11.9. The number of para-hydroxylation sites is 2. The minimum absolute atomic E-state index is 0.0748. The van der Waals surface area contributed by atoms with Crippen LogP contribution in [0.4, 0.5) is 13.2 Å². The lowest BCUT2D eigenvalue weighted by atomic mass is 9.91. The highest BCUT2D eigenvalue weighted by Gasteiger charge is 2.35. The zero-order valence-electron chi connectivity index (χ0n) is 32.6. The smallest absolute Gasteiger partial charge is 0.309 e. The lowest BCUT2D eigenvalue weighted by Crippen LogP contribution is -2.10. The molecule has 2 aromatic heterocycles. The summed E-state index contributed by atoms with van der Waals surface area (Å²) >= 11 is 0. The first-order chi connectivity index (χ1) is 28.6. The maximum absolute atomic E-state index is 15.2. The third kappa shape index (κ3) is 5.73. The number of halogens is 3. The van der Waals surface area contributed by atoms with Crippen LogP contribution in [0.1, 0.15) is 27.8 Å². The maximum atomic E-state index is 15.2. The molecule has 0 aliphatic carbocycles. The van der Waals surface area contributed by atoms with E-state index in [4.69, 9.17) is 0 Å². The van der Waals surface area contributed by atoms with Crippen molar-refractivity contribution in [3.05, 3.63) is 192 Å². The number of rotatable bonds is 5. The summed E-state index contributed by atoms with van der Waals surface area (Å²) in [5.41, 5.74) is 11.5. The van der Waals surface area contributed by atoms with Crippen molar-refractivity contribution in [2.45, 2.75) is 26.9 Å². The van der Waals surface area contributed by atoms with Crippen LogP contribution in [0.15, 0.2) is 164 Å². The Labute approximate surface area is 339 Å². The molecule has 59 heavy (non-hydrogen) atoms. The third-order valence-corrected chi connectivity index (χ3v) is 11.8. The van der Waals surface area contributed by atoms with E-state index in [0.717, 1.165) is 83.1 Å². The molecule has 0 saturated heterocycles. The van der Waals surface area contributed by atoms with Gasteiger partial charge in [0.15, 0.2) is 0 Å². The predicted octanol–water partition coefficient (Wildman–Crippen LogP) is 14.7. The zero-order chi connectivity index (χ0) is 40.6. The van der Waals surface area contributed by atoms with Gasteiger partial charge in [-0.05, 0) is 120 Å². The highest BCUT2D eigenvalue weighted by Crippen LogP contribution is 2.46. The van der Waals surface area contributed by atoms with Gasteiger partial charge in [0.2, 0.25) is 0 Å². The van der Waals surface area contributed by atoms with Crippen molar-refractivity contribution in [3.63, 3.8) is 0 Å². The number of benzene rings is 8. The predicted molar refractivity (Wildman–Crippen MR) is 235 cm³/mol. The van der Waals surface area contributed by atoms with Crippen molar-refractivity contribution >= 4 is 43.6 Å². The zero-order valence-corrected chi connectivity index (χ0v) is 32.6. The molecule has 0 amide bonds. The van der Waals surface area contributed by atoms with Crippen LogP contribution in [0, 0.1) is 32.1 Å². The molecule has 0 bridgehead atoms. The number of alkyl halides is 3. The van der Waals surface area contributed by atoms with Gasteiger partial charge in [0.25, 0.3) is 0 Å². The van der Waals surface area contributed by atoms with Crippen LogP contribution in [0.3, 0.4) is 0 Å². The SMILES string of the molecule is Cc1ccccc1-c1ccc2c(c1)c1ccccc1n2-c1cc(-c2c(C)cccc2C(F)(F)F)c(-n2c3ccccc3c3cc(-c4ccccc4C)ccc32)cc1C#N. The summed E-state index contributed by atoms with van der Waals surface area (Å²) < 4.78 is 49.7. The summed E-state index contributed by atoms with van der Waals surface area (Å²) in [6, 6.07) is 55.4. The molecule has 0 N–H and O–H groups in total. The van der Waals surface area contributed by atoms with Crippen LogP contribution in [-0.2, 0) is 6.18 Å². The summed E-state index contributed by atoms with van der Waals surface area (Å²) in [5.74, 6) is 0.